The number of nitrogens with one attached hydrogen (secondary N) is 1. The number of amides is 2. The van der Waals surface area contributed by atoms with Crippen molar-refractivity contribution in [3.63, 3.8) is 0 Å². The molecule has 2 amide bonds. The number of anilines is 2. The third kappa shape index (κ3) is 3.71. The highest BCUT2D eigenvalue weighted by molar-refractivity contribution is 6.05. The number of carbonyl (C=O) groups is 2. The zero-order valence-electron chi connectivity index (χ0n) is 14.1. The van der Waals surface area contributed by atoms with E-state index in [4.69, 9.17) is 0 Å². The van der Waals surface area contributed by atoms with Crippen molar-refractivity contribution in [3.8, 4) is 0 Å². The number of nitrogens with zero attached hydrogens (tertiary/aromatic N) is 1. The maximum Gasteiger partial charge on any atom is 0.416 e. The van der Waals surface area contributed by atoms with Crippen LogP contribution in [0.4, 0.5) is 24.5 Å². The molecule has 0 saturated carbocycles. The first-order valence-electron chi connectivity index (χ1n) is 8.15. The summed E-state index contributed by atoms with van der Waals surface area (Å²) in [6, 6.07) is 10.1. The molecule has 0 atom stereocenters. The highest BCUT2D eigenvalue weighted by Gasteiger charge is 2.32. The van der Waals surface area contributed by atoms with Gasteiger partial charge in [0.2, 0.25) is 5.91 Å². The van der Waals surface area contributed by atoms with Gasteiger partial charge in [-0.2, -0.15) is 13.2 Å². The summed E-state index contributed by atoms with van der Waals surface area (Å²) in [5.41, 5.74) is 0.397. The first-order chi connectivity index (χ1) is 12.3. The van der Waals surface area contributed by atoms with E-state index in [0.29, 0.717) is 24.2 Å². The van der Waals surface area contributed by atoms with Crippen molar-refractivity contribution < 1.29 is 22.8 Å². The summed E-state index contributed by atoms with van der Waals surface area (Å²) in [7, 11) is 0. The normalized spacial score (nSPS) is 14.6. The lowest BCUT2D eigenvalue weighted by Crippen LogP contribution is -2.23. The van der Waals surface area contributed by atoms with Gasteiger partial charge in [0, 0.05) is 29.9 Å². The summed E-state index contributed by atoms with van der Waals surface area (Å²) >= 11 is 0. The second-order valence-corrected chi connectivity index (χ2v) is 6.18. The molecule has 0 unspecified atom stereocenters. The molecule has 1 aliphatic rings. The van der Waals surface area contributed by atoms with Gasteiger partial charge >= 0.3 is 6.18 Å². The largest absolute Gasteiger partial charge is 0.416 e. The van der Waals surface area contributed by atoms with E-state index in [0.717, 1.165) is 12.5 Å². The third-order valence-corrected chi connectivity index (χ3v) is 4.32. The molecule has 2 aromatic rings. The first kappa shape index (κ1) is 18.0. The van der Waals surface area contributed by atoms with E-state index < -0.39 is 17.6 Å². The molecule has 4 nitrogen and oxygen atoms in total. The SMILES string of the molecule is Cc1ccc(NC(=O)c2ccc(N3CCCC3=O)cc2)cc1C(F)(F)F. The summed E-state index contributed by atoms with van der Waals surface area (Å²) < 4.78 is 38.9. The lowest BCUT2D eigenvalue weighted by atomic mass is 10.1. The van der Waals surface area contributed by atoms with E-state index in [1.807, 2.05) is 0 Å². The van der Waals surface area contributed by atoms with Gasteiger partial charge in [-0.05, 0) is 55.3 Å². The summed E-state index contributed by atoms with van der Waals surface area (Å²) in [5.74, 6) is -0.470. The van der Waals surface area contributed by atoms with Crippen LogP contribution in [0.25, 0.3) is 0 Å². The molecule has 1 saturated heterocycles. The maximum atomic E-state index is 13.0. The van der Waals surface area contributed by atoms with E-state index in [9.17, 15) is 22.8 Å². The fourth-order valence-electron chi connectivity index (χ4n) is 2.92. The van der Waals surface area contributed by atoms with Crippen LogP contribution in [-0.4, -0.2) is 18.4 Å². The lowest BCUT2D eigenvalue weighted by Gasteiger charge is -2.16. The van der Waals surface area contributed by atoms with Crippen LogP contribution < -0.4 is 10.2 Å². The molecule has 7 heteroatoms. The van der Waals surface area contributed by atoms with Gasteiger partial charge in [-0.25, -0.2) is 0 Å². The Balaban J connectivity index is 1.75. The van der Waals surface area contributed by atoms with Crippen LogP contribution in [-0.2, 0) is 11.0 Å². The topological polar surface area (TPSA) is 49.4 Å². The molecule has 1 N–H and O–H groups in total. The van der Waals surface area contributed by atoms with Crippen LogP contribution in [0, 0.1) is 6.92 Å². The zero-order valence-corrected chi connectivity index (χ0v) is 14.1. The van der Waals surface area contributed by atoms with Gasteiger partial charge in [0.25, 0.3) is 5.91 Å². The van der Waals surface area contributed by atoms with Gasteiger partial charge in [-0.15, -0.1) is 0 Å². The van der Waals surface area contributed by atoms with Gasteiger partial charge in [0.1, 0.15) is 0 Å². The smallest absolute Gasteiger partial charge is 0.322 e. The van der Waals surface area contributed by atoms with Crippen molar-refractivity contribution in [3.05, 3.63) is 59.2 Å². The molecule has 0 aromatic heterocycles. The molecule has 3 rings (SSSR count). The fraction of sp³-hybridized carbons (Fsp3) is 0.263. The van der Waals surface area contributed by atoms with Crippen molar-refractivity contribution >= 4 is 23.2 Å². The number of rotatable bonds is 3. The van der Waals surface area contributed by atoms with E-state index in [1.54, 1.807) is 29.2 Å². The number of carbonyl (C=O) groups excluding carboxylic acids is 2. The molecule has 2 aromatic carbocycles. The van der Waals surface area contributed by atoms with Crippen LogP contribution in [0.5, 0.6) is 0 Å². The summed E-state index contributed by atoms with van der Waals surface area (Å²) in [4.78, 5) is 25.7. The van der Waals surface area contributed by atoms with Gasteiger partial charge in [-0.1, -0.05) is 6.07 Å². The van der Waals surface area contributed by atoms with Crippen molar-refractivity contribution in [2.45, 2.75) is 25.9 Å². The number of alkyl halides is 3. The van der Waals surface area contributed by atoms with Crippen molar-refractivity contribution in [2.24, 2.45) is 0 Å². The molecule has 0 spiro atoms. The molecule has 0 radical (unpaired) electrons. The molecular formula is C19H17F3N2O2. The monoisotopic (exact) mass is 362 g/mol. The third-order valence-electron chi connectivity index (χ3n) is 4.32. The maximum absolute atomic E-state index is 13.0. The Morgan fingerprint density at radius 2 is 1.81 bits per heavy atom. The second kappa shape index (κ2) is 6.82. The Morgan fingerprint density at radius 1 is 1.12 bits per heavy atom. The van der Waals surface area contributed by atoms with Crippen LogP contribution in [0.2, 0.25) is 0 Å². The quantitative estimate of drug-likeness (QED) is 0.880. The number of hydrogen-bond acceptors (Lipinski definition) is 2. The summed E-state index contributed by atoms with van der Waals surface area (Å²) in [6.45, 7) is 2.01. The van der Waals surface area contributed by atoms with Crippen LogP contribution >= 0.6 is 0 Å². The Morgan fingerprint density at radius 3 is 2.38 bits per heavy atom. The summed E-state index contributed by atoms with van der Waals surface area (Å²) in [6.07, 6.45) is -3.16. The molecular weight excluding hydrogens is 345 g/mol. The highest BCUT2D eigenvalue weighted by Crippen LogP contribution is 2.33. The number of aryl methyl sites for hydroxylation is 1. The lowest BCUT2D eigenvalue weighted by molar-refractivity contribution is -0.138. The van der Waals surface area contributed by atoms with Gasteiger partial charge in [0.15, 0.2) is 0 Å². The first-order valence-corrected chi connectivity index (χ1v) is 8.15. The zero-order chi connectivity index (χ0) is 18.9. The van der Waals surface area contributed by atoms with Gasteiger partial charge in [0.05, 0.1) is 5.56 Å². The molecule has 26 heavy (non-hydrogen) atoms. The molecule has 1 heterocycles. The average Bonchev–Trinajstić information content (AvgIpc) is 3.01. The molecule has 1 fully saturated rings. The van der Waals surface area contributed by atoms with E-state index >= 15 is 0 Å². The predicted molar refractivity (Wildman–Crippen MR) is 92.2 cm³/mol. The predicted octanol–water partition coefficient (Wildman–Crippen LogP) is 4.39. The Bertz CT molecular complexity index is 845. The van der Waals surface area contributed by atoms with Crippen LogP contribution in [0.3, 0.4) is 0 Å². The molecule has 136 valence electrons. The minimum atomic E-state index is -4.48. The highest BCUT2D eigenvalue weighted by atomic mass is 19.4. The summed E-state index contributed by atoms with van der Waals surface area (Å²) in [5, 5.41) is 2.48. The number of benzene rings is 2. The Labute approximate surface area is 148 Å². The van der Waals surface area contributed by atoms with Gasteiger partial charge < -0.3 is 10.2 Å². The van der Waals surface area contributed by atoms with E-state index in [1.165, 1.54) is 19.1 Å². The van der Waals surface area contributed by atoms with Crippen molar-refractivity contribution in [1.29, 1.82) is 0 Å². The number of halogens is 3. The van der Waals surface area contributed by atoms with E-state index in [-0.39, 0.29) is 17.2 Å². The van der Waals surface area contributed by atoms with Crippen molar-refractivity contribution in [1.82, 2.24) is 0 Å². The molecule has 1 aliphatic heterocycles. The Hall–Kier alpha value is -2.83. The van der Waals surface area contributed by atoms with Crippen LogP contribution in [0.1, 0.15) is 34.3 Å². The second-order valence-electron chi connectivity index (χ2n) is 6.18. The van der Waals surface area contributed by atoms with E-state index in [2.05, 4.69) is 5.32 Å². The van der Waals surface area contributed by atoms with Gasteiger partial charge in [-0.3, -0.25) is 9.59 Å². The fourth-order valence-corrected chi connectivity index (χ4v) is 2.92. The molecule has 0 aliphatic carbocycles. The molecule has 0 bridgehead atoms. The Kier molecular flexibility index (Phi) is 4.71. The minimum Gasteiger partial charge on any atom is -0.322 e. The number of hydrogen-bond donors (Lipinski definition) is 1. The standard InChI is InChI=1S/C19H17F3N2O2/c1-12-4-7-14(11-16(12)19(20,21)22)23-18(26)13-5-8-15(9-6-13)24-10-2-3-17(24)25/h4-9,11H,2-3,10H2,1H3,(H,23,26). The van der Waals surface area contributed by atoms with Crippen molar-refractivity contribution in [2.75, 3.05) is 16.8 Å². The minimum absolute atomic E-state index is 0.0431. The van der Waals surface area contributed by atoms with Crippen LogP contribution in [0.15, 0.2) is 42.5 Å². The average molecular weight is 362 g/mol.